The third-order valence-electron chi connectivity index (χ3n) is 2.14. The summed E-state index contributed by atoms with van der Waals surface area (Å²) in [7, 11) is 1.68. The quantitative estimate of drug-likeness (QED) is 0.482. The Morgan fingerprint density at radius 3 is 2.36 bits per heavy atom. The first kappa shape index (κ1) is 13.1. The van der Waals surface area contributed by atoms with E-state index in [0.717, 1.165) is 18.4 Å². The third-order valence-corrected chi connectivity index (χ3v) is 2.14. The number of carbonyl (C=O) groups is 1. The Morgan fingerprint density at radius 1 is 1.21 bits per heavy atom. The zero-order valence-electron chi connectivity index (χ0n) is 9.59. The van der Waals surface area contributed by atoms with Crippen LogP contribution in [0, 0.1) is 0 Å². The van der Waals surface area contributed by atoms with Gasteiger partial charge < -0.3 is 4.74 Å². The van der Waals surface area contributed by atoms with E-state index in [1.54, 1.807) is 14.0 Å². The van der Waals surface area contributed by atoms with Gasteiger partial charge in [0.25, 0.3) is 0 Å². The van der Waals surface area contributed by atoms with Crippen molar-refractivity contribution in [2.45, 2.75) is 33.6 Å². The highest BCUT2D eigenvalue weighted by atomic mass is 16.5. The SMILES string of the molecule is COC/C=C(\C)CC/C=C(\C)C(C)=O. The van der Waals surface area contributed by atoms with Gasteiger partial charge in [0.2, 0.25) is 0 Å². The van der Waals surface area contributed by atoms with Gasteiger partial charge in [0.1, 0.15) is 0 Å². The molecule has 0 aliphatic rings. The summed E-state index contributed by atoms with van der Waals surface area (Å²) in [5.74, 6) is 0.156. The fraction of sp³-hybridized carbons (Fsp3) is 0.583. The van der Waals surface area contributed by atoms with Crippen molar-refractivity contribution in [2.24, 2.45) is 0 Å². The molecular weight excluding hydrogens is 176 g/mol. The van der Waals surface area contributed by atoms with Gasteiger partial charge in [-0.05, 0) is 39.2 Å². The molecular formula is C12H20O2. The molecule has 0 amide bonds. The van der Waals surface area contributed by atoms with Gasteiger partial charge >= 0.3 is 0 Å². The molecule has 0 atom stereocenters. The molecule has 2 heteroatoms. The summed E-state index contributed by atoms with van der Waals surface area (Å²) in [6, 6.07) is 0. The van der Waals surface area contributed by atoms with E-state index in [2.05, 4.69) is 13.0 Å². The van der Waals surface area contributed by atoms with Crippen molar-refractivity contribution in [1.82, 2.24) is 0 Å². The second kappa shape index (κ2) is 7.51. The van der Waals surface area contributed by atoms with Crippen molar-refractivity contribution >= 4 is 5.78 Å². The molecule has 0 spiro atoms. The van der Waals surface area contributed by atoms with Crippen molar-refractivity contribution < 1.29 is 9.53 Å². The van der Waals surface area contributed by atoms with Gasteiger partial charge in [0.15, 0.2) is 5.78 Å². The van der Waals surface area contributed by atoms with Gasteiger partial charge in [-0.1, -0.05) is 17.7 Å². The maximum Gasteiger partial charge on any atom is 0.155 e. The summed E-state index contributed by atoms with van der Waals surface area (Å²) < 4.78 is 4.93. The second-order valence-electron chi connectivity index (χ2n) is 3.49. The molecule has 0 saturated carbocycles. The number of hydrogen-bond acceptors (Lipinski definition) is 2. The van der Waals surface area contributed by atoms with Crippen LogP contribution < -0.4 is 0 Å². The van der Waals surface area contributed by atoms with E-state index in [1.165, 1.54) is 5.57 Å². The van der Waals surface area contributed by atoms with Crippen LogP contribution >= 0.6 is 0 Å². The predicted octanol–water partition coefficient (Wildman–Crippen LogP) is 2.89. The van der Waals surface area contributed by atoms with E-state index >= 15 is 0 Å². The van der Waals surface area contributed by atoms with Crippen LogP contribution in [-0.4, -0.2) is 19.5 Å². The van der Waals surface area contributed by atoms with Crippen LogP contribution in [-0.2, 0) is 9.53 Å². The standard InChI is InChI=1S/C12H20O2/c1-10(8-9-14-4)6-5-7-11(2)12(3)13/h7-8H,5-6,9H2,1-4H3/b10-8+,11-7+. The maximum atomic E-state index is 10.9. The normalized spacial score (nSPS) is 13.1. The van der Waals surface area contributed by atoms with Gasteiger partial charge in [-0.2, -0.15) is 0 Å². The van der Waals surface area contributed by atoms with Crippen molar-refractivity contribution in [3.05, 3.63) is 23.3 Å². The number of rotatable bonds is 6. The first-order chi connectivity index (χ1) is 6.57. The topological polar surface area (TPSA) is 26.3 Å². The van der Waals surface area contributed by atoms with Crippen molar-refractivity contribution in [1.29, 1.82) is 0 Å². The molecule has 0 heterocycles. The minimum absolute atomic E-state index is 0.156. The molecule has 0 fully saturated rings. The molecule has 80 valence electrons. The van der Waals surface area contributed by atoms with Crippen LogP contribution in [0.4, 0.5) is 0 Å². The number of hydrogen-bond donors (Lipinski definition) is 0. The summed E-state index contributed by atoms with van der Waals surface area (Å²) >= 11 is 0. The first-order valence-electron chi connectivity index (χ1n) is 4.90. The Labute approximate surface area is 86.6 Å². The summed E-state index contributed by atoms with van der Waals surface area (Å²) in [4.78, 5) is 10.9. The zero-order chi connectivity index (χ0) is 11.0. The average molecular weight is 196 g/mol. The predicted molar refractivity (Wildman–Crippen MR) is 59.3 cm³/mol. The van der Waals surface area contributed by atoms with Crippen LogP contribution in [0.15, 0.2) is 23.3 Å². The van der Waals surface area contributed by atoms with Gasteiger partial charge in [-0.25, -0.2) is 0 Å². The molecule has 0 aromatic carbocycles. The van der Waals surface area contributed by atoms with Crippen LogP contribution in [0.1, 0.15) is 33.6 Å². The summed E-state index contributed by atoms with van der Waals surface area (Å²) in [5.41, 5.74) is 2.16. The molecule has 0 aliphatic heterocycles. The van der Waals surface area contributed by atoms with Gasteiger partial charge in [0, 0.05) is 7.11 Å². The molecule has 0 aromatic rings. The second-order valence-corrected chi connectivity index (χ2v) is 3.49. The molecule has 0 radical (unpaired) electrons. The van der Waals surface area contributed by atoms with Crippen molar-refractivity contribution in [3.8, 4) is 0 Å². The van der Waals surface area contributed by atoms with Crippen LogP contribution in [0.5, 0.6) is 0 Å². The van der Waals surface area contributed by atoms with Crippen LogP contribution in [0.3, 0.4) is 0 Å². The van der Waals surface area contributed by atoms with Gasteiger partial charge in [-0.3, -0.25) is 4.79 Å². The van der Waals surface area contributed by atoms with E-state index in [-0.39, 0.29) is 5.78 Å². The number of Topliss-reactive ketones (excluding diaryl/α,β-unsaturated/α-hetero) is 1. The molecule has 0 unspecified atom stereocenters. The first-order valence-corrected chi connectivity index (χ1v) is 4.90. The lowest BCUT2D eigenvalue weighted by Crippen LogP contribution is -1.91. The molecule has 2 nitrogen and oxygen atoms in total. The Bertz CT molecular complexity index is 237. The lowest BCUT2D eigenvalue weighted by atomic mass is 10.1. The molecule has 0 bridgehead atoms. The highest BCUT2D eigenvalue weighted by molar-refractivity contribution is 5.92. The molecule has 0 N–H and O–H groups in total. The molecule has 0 aliphatic carbocycles. The molecule has 0 aromatic heterocycles. The largest absolute Gasteiger partial charge is 0.381 e. The smallest absolute Gasteiger partial charge is 0.155 e. The fourth-order valence-electron chi connectivity index (χ4n) is 0.988. The Balaban J connectivity index is 3.84. The van der Waals surface area contributed by atoms with E-state index in [1.807, 2.05) is 13.0 Å². The Morgan fingerprint density at radius 2 is 1.86 bits per heavy atom. The summed E-state index contributed by atoms with van der Waals surface area (Å²) in [6.07, 6.45) is 5.98. The summed E-state index contributed by atoms with van der Waals surface area (Å²) in [5, 5.41) is 0. The minimum Gasteiger partial charge on any atom is -0.381 e. The molecule has 14 heavy (non-hydrogen) atoms. The monoisotopic (exact) mass is 196 g/mol. The van der Waals surface area contributed by atoms with Crippen molar-refractivity contribution in [2.75, 3.05) is 13.7 Å². The van der Waals surface area contributed by atoms with Crippen molar-refractivity contribution in [3.63, 3.8) is 0 Å². The third kappa shape index (κ3) is 6.61. The zero-order valence-corrected chi connectivity index (χ0v) is 9.59. The number of allylic oxidation sites excluding steroid dienone is 3. The molecule has 0 saturated heterocycles. The fourth-order valence-corrected chi connectivity index (χ4v) is 0.988. The van der Waals surface area contributed by atoms with E-state index in [0.29, 0.717) is 6.61 Å². The Hall–Kier alpha value is -0.890. The molecule has 0 rings (SSSR count). The average Bonchev–Trinajstić information content (AvgIpc) is 2.14. The number of ketones is 1. The van der Waals surface area contributed by atoms with E-state index < -0.39 is 0 Å². The highest BCUT2D eigenvalue weighted by Gasteiger charge is 1.94. The Kier molecular flexibility index (Phi) is 7.03. The maximum absolute atomic E-state index is 10.9. The van der Waals surface area contributed by atoms with E-state index in [9.17, 15) is 4.79 Å². The van der Waals surface area contributed by atoms with Gasteiger partial charge in [0.05, 0.1) is 6.61 Å². The van der Waals surface area contributed by atoms with Crippen LogP contribution in [0.25, 0.3) is 0 Å². The number of methoxy groups -OCH3 is 1. The van der Waals surface area contributed by atoms with Gasteiger partial charge in [-0.15, -0.1) is 0 Å². The van der Waals surface area contributed by atoms with Crippen LogP contribution in [0.2, 0.25) is 0 Å². The lowest BCUT2D eigenvalue weighted by Gasteiger charge is -1.99. The number of carbonyl (C=O) groups excluding carboxylic acids is 1. The lowest BCUT2D eigenvalue weighted by molar-refractivity contribution is -0.113. The van der Waals surface area contributed by atoms with E-state index in [4.69, 9.17) is 4.74 Å². The minimum atomic E-state index is 0.156. The number of ether oxygens (including phenoxy) is 1. The summed E-state index contributed by atoms with van der Waals surface area (Å²) in [6.45, 7) is 6.20. The highest BCUT2D eigenvalue weighted by Crippen LogP contribution is 2.06.